The fourth-order valence-corrected chi connectivity index (χ4v) is 3.55. The second-order valence-corrected chi connectivity index (χ2v) is 6.06. The SMILES string of the molecule is Cc1cc([N+](=O)[O-])cc(Cl)c1N1CCCC1c1cnn(C)c1. The van der Waals surface area contributed by atoms with Gasteiger partial charge in [0.2, 0.25) is 0 Å². The first-order valence-electron chi connectivity index (χ1n) is 7.17. The Labute approximate surface area is 133 Å². The summed E-state index contributed by atoms with van der Waals surface area (Å²) in [5.41, 5.74) is 2.89. The van der Waals surface area contributed by atoms with Crippen LogP contribution in [0.15, 0.2) is 24.5 Å². The molecular weight excluding hydrogens is 304 g/mol. The van der Waals surface area contributed by atoms with Crippen LogP contribution in [0.25, 0.3) is 0 Å². The van der Waals surface area contributed by atoms with Crippen molar-refractivity contribution >= 4 is 23.0 Å². The maximum Gasteiger partial charge on any atom is 0.271 e. The van der Waals surface area contributed by atoms with Crippen LogP contribution in [-0.4, -0.2) is 21.2 Å². The van der Waals surface area contributed by atoms with Crippen molar-refractivity contribution in [1.29, 1.82) is 0 Å². The topological polar surface area (TPSA) is 64.2 Å². The molecular formula is C15H17ClN4O2. The van der Waals surface area contributed by atoms with Gasteiger partial charge < -0.3 is 4.90 Å². The maximum atomic E-state index is 10.9. The second kappa shape index (κ2) is 5.61. The Kier molecular flexibility index (Phi) is 3.78. The van der Waals surface area contributed by atoms with Gasteiger partial charge in [0, 0.05) is 37.5 Å². The predicted octanol–water partition coefficient (Wildman–Crippen LogP) is 3.63. The van der Waals surface area contributed by atoms with Gasteiger partial charge in [-0.1, -0.05) is 11.6 Å². The van der Waals surface area contributed by atoms with E-state index in [1.165, 1.54) is 6.07 Å². The Balaban J connectivity index is 2.01. The molecule has 0 radical (unpaired) electrons. The first kappa shape index (κ1) is 14.8. The zero-order valence-corrected chi connectivity index (χ0v) is 13.2. The zero-order chi connectivity index (χ0) is 15.9. The number of anilines is 1. The lowest BCUT2D eigenvalue weighted by Crippen LogP contribution is -2.23. The molecule has 1 aromatic carbocycles. The van der Waals surface area contributed by atoms with E-state index in [0.717, 1.165) is 36.2 Å². The smallest absolute Gasteiger partial charge is 0.271 e. The molecule has 0 N–H and O–H groups in total. The van der Waals surface area contributed by atoms with Crippen molar-refractivity contribution in [3.8, 4) is 0 Å². The van der Waals surface area contributed by atoms with Gasteiger partial charge in [0.25, 0.3) is 5.69 Å². The van der Waals surface area contributed by atoms with Gasteiger partial charge in [-0.05, 0) is 25.3 Å². The average Bonchev–Trinajstić information content (AvgIpc) is 3.06. The van der Waals surface area contributed by atoms with E-state index < -0.39 is 4.92 Å². The minimum absolute atomic E-state index is 0.0309. The number of rotatable bonds is 3. The molecule has 3 rings (SSSR count). The maximum absolute atomic E-state index is 10.9. The van der Waals surface area contributed by atoms with Gasteiger partial charge in [-0.15, -0.1) is 0 Å². The summed E-state index contributed by atoms with van der Waals surface area (Å²) in [6.45, 7) is 2.75. The first-order chi connectivity index (χ1) is 10.5. The summed E-state index contributed by atoms with van der Waals surface area (Å²) in [6, 6.07) is 3.23. The number of aromatic nitrogens is 2. The molecule has 1 fully saturated rings. The molecule has 0 spiro atoms. The van der Waals surface area contributed by atoms with Gasteiger partial charge in [0.15, 0.2) is 0 Å². The van der Waals surface area contributed by atoms with E-state index in [4.69, 9.17) is 11.6 Å². The predicted molar refractivity (Wildman–Crippen MR) is 85.4 cm³/mol. The third kappa shape index (κ3) is 2.54. The molecule has 22 heavy (non-hydrogen) atoms. The van der Waals surface area contributed by atoms with Crippen LogP contribution in [0.1, 0.15) is 30.0 Å². The summed E-state index contributed by atoms with van der Waals surface area (Å²) in [5, 5.41) is 15.6. The van der Waals surface area contributed by atoms with Crippen molar-refractivity contribution < 1.29 is 4.92 Å². The minimum atomic E-state index is -0.411. The number of nitro benzene ring substituents is 1. The van der Waals surface area contributed by atoms with Gasteiger partial charge in [0.1, 0.15) is 0 Å². The summed E-state index contributed by atoms with van der Waals surface area (Å²) in [6.07, 6.45) is 5.97. The fraction of sp³-hybridized carbons (Fsp3) is 0.400. The van der Waals surface area contributed by atoms with E-state index in [-0.39, 0.29) is 11.7 Å². The van der Waals surface area contributed by atoms with Gasteiger partial charge in [-0.3, -0.25) is 14.8 Å². The third-order valence-electron chi connectivity index (χ3n) is 4.10. The van der Waals surface area contributed by atoms with Crippen LogP contribution < -0.4 is 4.90 Å². The molecule has 2 heterocycles. The van der Waals surface area contributed by atoms with Crippen LogP contribution >= 0.6 is 11.6 Å². The summed E-state index contributed by atoms with van der Waals surface area (Å²) in [4.78, 5) is 12.8. The molecule has 6 nitrogen and oxygen atoms in total. The summed E-state index contributed by atoms with van der Waals surface area (Å²) >= 11 is 6.35. The van der Waals surface area contributed by atoms with E-state index in [0.29, 0.717) is 5.02 Å². The molecule has 1 atom stereocenters. The number of benzene rings is 1. The number of non-ortho nitro benzene ring substituents is 1. The van der Waals surface area contributed by atoms with Crippen LogP contribution in [0.2, 0.25) is 5.02 Å². The van der Waals surface area contributed by atoms with Gasteiger partial charge in [0.05, 0.1) is 27.9 Å². The van der Waals surface area contributed by atoms with E-state index in [1.54, 1.807) is 10.7 Å². The average molecular weight is 321 g/mol. The van der Waals surface area contributed by atoms with Gasteiger partial charge in [-0.25, -0.2) is 0 Å². The standard InChI is InChI=1S/C15H17ClN4O2/c1-10-6-12(20(21)22)7-13(16)15(10)19-5-3-4-14(19)11-8-17-18(2)9-11/h6-9,14H,3-5H2,1-2H3. The highest BCUT2D eigenvalue weighted by atomic mass is 35.5. The van der Waals surface area contributed by atoms with Crippen molar-refractivity contribution in [3.63, 3.8) is 0 Å². The van der Waals surface area contributed by atoms with Crippen molar-refractivity contribution in [3.05, 3.63) is 50.8 Å². The molecule has 1 aliphatic rings. The lowest BCUT2D eigenvalue weighted by molar-refractivity contribution is -0.384. The number of nitro groups is 1. The van der Waals surface area contributed by atoms with Crippen LogP contribution in [0.5, 0.6) is 0 Å². The number of nitrogens with zero attached hydrogens (tertiary/aromatic N) is 4. The monoisotopic (exact) mass is 320 g/mol. The lowest BCUT2D eigenvalue weighted by Gasteiger charge is -2.28. The summed E-state index contributed by atoms with van der Waals surface area (Å²) in [5.74, 6) is 0. The number of hydrogen-bond donors (Lipinski definition) is 0. The quantitative estimate of drug-likeness (QED) is 0.640. The number of aryl methyl sites for hydroxylation is 2. The highest BCUT2D eigenvalue weighted by Crippen LogP contribution is 2.42. The van der Waals surface area contributed by atoms with Crippen molar-refractivity contribution in [2.45, 2.75) is 25.8 Å². The molecule has 7 heteroatoms. The Bertz CT molecular complexity index is 705. The Morgan fingerprint density at radius 1 is 1.45 bits per heavy atom. The highest BCUT2D eigenvalue weighted by molar-refractivity contribution is 6.33. The molecule has 116 valence electrons. The molecule has 0 aliphatic carbocycles. The molecule has 1 aliphatic heterocycles. The molecule has 2 aromatic rings. The molecule has 0 saturated carbocycles. The van der Waals surface area contributed by atoms with Crippen LogP contribution in [-0.2, 0) is 7.05 Å². The summed E-state index contributed by atoms with van der Waals surface area (Å²) in [7, 11) is 1.90. The van der Waals surface area contributed by atoms with E-state index in [9.17, 15) is 10.1 Å². The first-order valence-corrected chi connectivity index (χ1v) is 7.55. The zero-order valence-electron chi connectivity index (χ0n) is 12.5. The molecule has 1 saturated heterocycles. The molecule has 0 amide bonds. The largest absolute Gasteiger partial charge is 0.363 e. The number of halogens is 1. The highest BCUT2D eigenvalue weighted by Gasteiger charge is 2.30. The van der Waals surface area contributed by atoms with Crippen LogP contribution in [0.4, 0.5) is 11.4 Å². The van der Waals surface area contributed by atoms with E-state index >= 15 is 0 Å². The lowest BCUT2D eigenvalue weighted by atomic mass is 10.1. The van der Waals surface area contributed by atoms with Crippen molar-refractivity contribution in [2.24, 2.45) is 7.05 Å². The Morgan fingerprint density at radius 3 is 2.82 bits per heavy atom. The molecule has 0 bridgehead atoms. The minimum Gasteiger partial charge on any atom is -0.363 e. The Hall–Kier alpha value is -2.08. The van der Waals surface area contributed by atoms with Gasteiger partial charge in [-0.2, -0.15) is 5.10 Å². The van der Waals surface area contributed by atoms with Gasteiger partial charge >= 0.3 is 0 Å². The van der Waals surface area contributed by atoms with Crippen molar-refractivity contribution in [2.75, 3.05) is 11.4 Å². The van der Waals surface area contributed by atoms with E-state index in [1.807, 2.05) is 26.4 Å². The second-order valence-electron chi connectivity index (χ2n) is 5.65. The molecule has 1 aromatic heterocycles. The number of hydrogen-bond acceptors (Lipinski definition) is 4. The van der Waals surface area contributed by atoms with Crippen molar-refractivity contribution in [1.82, 2.24) is 9.78 Å². The normalized spacial score (nSPS) is 18.0. The fourth-order valence-electron chi connectivity index (χ4n) is 3.18. The summed E-state index contributed by atoms with van der Waals surface area (Å²) < 4.78 is 1.79. The van der Waals surface area contributed by atoms with Crippen LogP contribution in [0, 0.1) is 17.0 Å². The van der Waals surface area contributed by atoms with E-state index in [2.05, 4.69) is 10.00 Å². The molecule has 1 unspecified atom stereocenters. The Morgan fingerprint density at radius 2 is 2.23 bits per heavy atom. The third-order valence-corrected chi connectivity index (χ3v) is 4.39. The van der Waals surface area contributed by atoms with Crippen LogP contribution in [0.3, 0.4) is 0 Å².